The SMILES string of the molecule is CC#CC(=O)Nc1cccc(Nc2cc(CCc3c(Cl)c(OC)cc(OC)c3Cl)[nH]n2)c1. The van der Waals surface area contributed by atoms with Gasteiger partial charge >= 0.3 is 0 Å². The van der Waals surface area contributed by atoms with Crippen molar-refractivity contribution >= 4 is 46.3 Å². The van der Waals surface area contributed by atoms with Crippen molar-refractivity contribution in [2.75, 3.05) is 24.9 Å². The summed E-state index contributed by atoms with van der Waals surface area (Å²) in [5, 5.41) is 14.1. The van der Waals surface area contributed by atoms with E-state index in [9.17, 15) is 4.79 Å². The van der Waals surface area contributed by atoms with Crippen LogP contribution in [0.3, 0.4) is 0 Å². The fourth-order valence-electron chi connectivity index (χ4n) is 3.07. The zero-order chi connectivity index (χ0) is 23.1. The second-order valence-electron chi connectivity index (χ2n) is 6.70. The molecule has 7 nitrogen and oxygen atoms in total. The number of nitrogens with zero attached hydrogens (tertiary/aromatic N) is 1. The zero-order valence-electron chi connectivity index (χ0n) is 17.8. The van der Waals surface area contributed by atoms with Gasteiger partial charge in [0.1, 0.15) is 11.5 Å². The van der Waals surface area contributed by atoms with Gasteiger partial charge in [-0.25, -0.2) is 0 Å². The molecule has 1 heterocycles. The first kappa shape index (κ1) is 23.3. The molecule has 1 amide bonds. The minimum Gasteiger partial charge on any atom is -0.495 e. The summed E-state index contributed by atoms with van der Waals surface area (Å²) >= 11 is 12.9. The predicted octanol–water partition coefficient (Wildman–Crippen LogP) is 5.22. The summed E-state index contributed by atoms with van der Waals surface area (Å²) in [5.74, 6) is 6.30. The van der Waals surface area contributed by atoms with E-state index in [4.69, 9.17) is 32.7 Å². The van der Waals surface area contributed by atoms with E-state index in [1.54, 1.807) is 39.3 Å². The molecule has 0 spiro atoms. The van der Waals surface area contributed by atoms with Gasteiger partial charge in [-0.15, -0.1) is 0 Å². The minimum atomic E-state index is -0.363. The molecular formula is C23H22Cl2N4O3. The lowest BCUT2D eigenvalue weighted by Crippen LogP contribution is -2.08. The predicted molar refractivity (Wildman–Crippen MR) is 127 cm³/mol. The molecule has 3 N–H and O–H groups in total. The van der Waals surface area contributed by atoms with Gasteiger partial charge in [0.25, 0.3) is 5.91 Å². The number of H-pyrrole nitrogens is 1. The van der Waals surface area contributed by atoms with E-state index in [0.717, 1.165) is 16.9 Å². The van der Waals surface area contributed by atoms with Crippen LogP contribution in [0.15, 0.2) is 36.4 Å². The molecular weight excluding hydrogens is 451 g/mol. The van der Waals surface area contributed by atoms with Crippen molar-refractivity contribution in [2.24, 2.45) is 0 Å². The molecule has 0 atom stereocenters. The number of aromatic amines is 1. The molecule has 0 aliphatic rings. The highest BCUT2D eigenvalue weighted by Gasteiger charge is 2.17. The summed E-state index contributed by atoms with van der Waals surface area (Å²) in [6.07, 6.45) is 1.18. The number of carbonyl (C=O) groups is 1. The first-order chi connectivity index (χ1) is 15.4. The average Bonchev–Trinajstić information content (AvgIpc) is 3.21. The standard InChI is InChI=1S/C23H22Cl2N4O3/c1-4-6-21(30)27-15-8-5-7-14(11-15)26-20-12-16(28-29-20)9-10-17-22(24)18(31-2)13-19(32-3)23(17)25/h5,7-8,11-13H,9-10H2,1-3H3,(H,27,30)(H2,26,28,29). The van der Waals surface area contributed by atoms with Crippen LogP contribution < -0.4 is 20.1 Å². The number of nitrogens with one attached hydrogen (secondary N) is 3. The molecule has 3 aromatic rings. The number of hydrogen-bond acceptors (Lipinski definition) is 5. The molecule has 166 valence electrons. The molecule has 1 aromatic heterocycles. The first-order valence-corrected chi connectivity index (χ1v) is 10.4. The van der Waals surface area contributed by atoms with Gasteiger partial charge in [0, 0.05) is 29.2 Å². The van der Waals surface area contributed by atoms with Crippen molar-refractivity contribution in [3.8, 4) is 23.3 Å². The van der Waals surface area contributed by atoms with Crippen LogP contribution in [0.1, 0.15) is 18.2 Å². The number of benzene rings is 2. The van der Waals surface area contributed by atoms with Crippen molar-refractivity contribution in [3.63, 3.8) is 0 Å². The van der Waals surface area contributed by atoms with Crippen LogP contribution in [-0.2, 0) is 17.6 Å². The Hall–Kier alpha value is -3.34. The molecule has 0 unspecified atom stereocenters. The third kappa shape index (κ3) is 5.67. The van der Waals surface area contributed by atoms with Gasteiger partial charge in [-0.2, -0.15) is 5.10 Å². The number of anilines is 3. The molecule has 3 rings (SSSR count). The third-order valence-corrected chi connectivity index (χ3v) is 5.40. The van der Waals surface area contributed by atoms with Gasteiger partial charge in [0.2, 0.25) is 0 Å². The highest BCUT2D eigenvalue weighted by atomic mass is 35.5. The van der Waals surface area contributed by atoms with E-state index in [0.29, 0.717) is 45.9 Å². The Morgan fingerprint density at radius 3 is 2.41 bits per heavy atom. The van der Waals surface area contributed by atoms with E-state index < -0.39 is 0 Å². The van der Waals surface area contributed by atoms with Gasteiger partial charge in [0.15, 0.2) is 5.82 Å². The maximum atomic E-state index is 11.6. The van der Waals surface area contributed by atoms with Crippen molar-refractivity contribution in [1.82, 2.24) is 10.2 Å². The summed E-state index contributed by atoms with van der Waals surface area (Å²) in [5.41, 5.74) is 3.04. The number of amides is 1. The summed E-state index contributed by atoms with van der Waals surface area (Å²) in [4.78, 5) is 11.6. The van der Waals surface area contributed by atoms with E-state index in [1.165, 1.54) is 0 Å². The molecule has 0 radical (unpaired) electrons. The molecule has 32 heavy (non-hydrogen) atoms. The van der Waals surface area contributed by atoms with Gasteiger partial charge < -0.3 is 20.1 Å². The number of carbonyl (C=O) groups excluding carboxylic acids is 1. The van der Waals surface area contributed by atoms with Crippen molar-refractivity contribution in [2.45, 2.75) is 19.8 Å². The maximum absolute atomic E-state index is 11.6. The Balaban J connectivity index is 1.69. The van der Waals surface area contributed by atoms with Crippen LogP contribution in [0, 0.1) is 11.8 Å². The quantitative estimate of drug-likeness (QED) is 0.391. The Morgan fingerprint density at radius 2 is 1.75 bits per heavy atom. The van der Waals surface area contributed by atoms with Crippen LogP contribution in [-0.4, -0.2) is 30.3 Å². The first-order valence-electron chi connectivity index (χ1n) is 9.69. The van der Waals surface area contributed by atoms with Crippen molar-refractivity contribution < 1.29 is 14.3 Å². The topological polar surface area (TPSA) is 88.3 Å². The van der Waals surface area contributed by atoms with E-state index in [1.807, 2.05) is 18.2 Å². The summed E-state index contributed by atoms with van der Waals surface area (Å²) in [6, 6.07) is 10.8. The molecule has 0 aliphatic heterocycles. The van der Waals surface area contributed by atoms with E-state index in [-0.39, 0.29) is 5.91 Å². The minimum absolute atomic E-state index is 0.363. The smallest absolute Gasteiger partial charge is 0.300 e. The normalized spacial score (nSPS) is 10.2. The zero-order valence-corrected chi connectivity index (χ0v) is 19.3. The average molecular weight is 473 g/mol. The number of ether oxygens (including phenoxy) is 2. The Labute approximate surface area is 196 Å². The molecule has 0 aliphatic carbocycles. The number of methoxy groups -OCH3 is 2. The van der Waals surface area contributed by atoms with Gasteiger partial charge in [-0.05, 0) is 49.4 Å². The van der Waals surface area contributed by atoms with E-state index >= 15 is 0 Å². The van der Waals surface area contributed by atoms with Gasteiger partial charge in [0.05, 0.1) is 24.3 Å². The largest absolute Gasteiger partial charge is 0.495 e. The molecule has 2 aromatic carbocycles. The fraction of sp³-hybridized carbons (Fsp3) is 0.217. The molecule has 0 bridgehead atoms. The molecule has 0 fully saturated rings. The molecule has 0 saturated carbocycles. The van der Waals surface area contributed by atoms with Gasteiger partial charge in [-0.1, -0.05) is 35.2 Å². The van der Waals surface area contributed by atoms with Crippen LogP contribution in [0.4, 0.5) is 17.2 Å². The number of hydrogen-bond donors (Lipinski definition) is 3. The Bertz CT molecular complexity index is 1150. The Morgan fingerprint density at radius 1 is 1.06 bits per heavy atom. The summed E-state index contributed by atoms with van der Waals surface area (Å²) in [6.45, 7) is 1.61. The fourth-order valence-corrected chi connectivity index (χ4v) is 3.76. The second-order valence-corrected chi connectivity index (χ2v) is 7.46. The highest BCUT2D eigenvalue weighted by molar-refractivity contribution is 6.37. The Kier molecular flexibility index (Phi) is 7.87. The maximum Gasteiger partial charge on any atom is 0.300 e. The van der Waals surface area contributed by atoms with Crippen LogP contribution in [0.25, 0.3) is 0 Å². The lowest BCUT2D eigenvalue weighted by atomic mass is 10.1. The highest BCUT2D eigenvalue weighted by Crippen LogP contribution is 2.40. The monoisotopic (exact) mass is 472 g/mol. The van der Waals surface area contributed by atoms with Gasteiger partial charge in [-0.3, -0.25) is 9.89 Å². The summed E-state index contributed by atoms with van der Waals surface area (Å²) in [7, 11) is 3.09. The van der Waals surface area contributed by atoms with Crippen LogP contribution in [0.2, 0.25) is 10.0 Å². The number of aromatic nitrogens is 2. The number of rotatable bonds is 8. The van der Waals surface area contributed by atoms with Crippen molar-refractivity contribution in [1.29, 1.82) is 0 Å². The lowest BCUT2D eigenvalue weighted by Gasteiger charge is -2.14. The number of aryl methyl sites for hydroxylation is 1. The van der Waals surface area contributed by atoms with E-state index in [2.05, 4.69) is 32.7 Å². The van der Waals surface area contributed by atoms with Crippen LogP contribution in [0.5, 0.6) is 11.5 Å². The lowest BCUT2D eigenvalue weighted by molar-refractivity contribution is -0.111. The second kappa shape index (κ2) is 10.8. The molecule has 9 heteroatoms. The van der Waals surface area contributed by atoms with Crippen molar-refractivity contribution in [3.05, 3.63) is 57.7 Å². The van der Waals surface area contributed by atoms with Crippen LogP contribution >= 0.6 is 23.2 Å². The number of halogens is 2. The summed E-state index contributed by atoms with van der Waals surface area (Å²) < 4.78 is 10.6. The molecule has 0 saturated heterocycles. The third-order valence-electron chi connectivity index (χ3n) is 4.57.